The molecule has 1 aliphatic rings. The fourth-order valence-corrected chi connectivity index (χ4v) is 3.86. The van der Waals surface area contributed by atoms with E-state index < -0.39 is 0 Å². The van der Waals surface area contributed by atoms with Gasteiger partial charge in [0, 0.05) is 55.8 Å². The second-order valence-corrected chi connectivity index (χ2v) is 7.86. The summed E-state index contributed by atoms with van der Waals surface area (Å²) >= 11 is 1.64. The van der Waals surface area contributed by atoms with E-state index in [-0.39, 0.29) is 0 Å². The van der Waals surface area contributed by atoms with Gasteiger partial charge in [0.1, 0.15) is 11.5 Å². The first-order valence-electron chi connectivity index (χ1n) is 9.49. The van der Waals surface area contributed by atoms with Crippen LogP contribution in [0, 0.1) is 13.8 Å². The first-order chi connectivity index (χ1) is 13.6. The summed E-state index contributed by atoms with van der Waals surface area (Å²) in [7, 11) is 1.70. The number of aryl methyl sites for hydroxylation is 1. The minimum absolute atomic E-state index is 0.638. The Labute approximate surface area is 171 Å². The molecule has 0 unspecified atom stereocenters. The summed E-state index contributed by atoms with van der Waals surface area (Å²) in [6, 6.07) is 6.18. The molecular weight excluding hydrogens is 372 g/mol. The van der Waals surface area contributed by atoms with Gasteiger partial charge in [-0.25, -0.2) is 0 Å². The average Bonchev–Trinajstić information content (AvgIpc) is 3.12. The molecule has 150 valence electrons. The summed E-state index contributed by atoms with van der Waals surface area (Å²) in [5.41, 5.74) is 5.60. The maximum atomic E-state index is 5.86. The van der Waals surface area contributed by atoms with Crippen molar-refractivity contribution in [1.29, 1.82) is 0 Å². The number of pyridine rings is 1. The van der Waals surface area contributed by atoms with E-state index in [1.807, 2.05) is 13.0 Å². The first kappa shape index (κ1) is 20.6. The topological polar surface area (TPSA) is 52.6 Å². The van der Waals surface area contributed by atoms with Gasteiger partial charge in [-0.1, -0.05) is 12.6 Å². The summed E-state index contributed by atoms with van der Waals surface area (Å²) in [4.78, 5) is 4.51. The van der Waals surface area contributed by atoms with E-state index in [0.717, 1.165) is 58.7 Å². The zero-order chi connectivity index (χ0) is 19.9. The van der Waals surface area contributed by atoms with Crippen LogP contribution in [0.15, 0.2) is 36.0 Å². The van der Waals surface area contributed by atoms with Gasteiger partial charge in [-0.15, -0.1) is 11.8 Å². The van der Waals surface area contributed by atoms with Crippen molar-refractivity contribution >= 4 is 17.4 Å². The van der Waals surface area contributed by atoms with Gasteiger partial charge in [0.15, 0.2) is 0 Å². The largest absolute Gasteiger partial charge is 0.493 e. The number of hydrogen-bond acceptors (Lipinski definition) is 6. The highest BCUT2D eigenvalue weighted by molar-refractivity contribution is 8.02. The Hall–Kier alpha value is -2.18. The number of methoxy groups -OCH3 is 1. The molecule has 1 aliphatic heterocycles. The lowest BCUT2D eigenvalue weighted by Crippen LogP contribution is -2.04. The van der Waals surface area contributed by atoms with Crippen LogP contribution in [0.2, 0.25) is 0 Å². The Morgan fingerprint density at radius 2 is 2.18 bits per heavy atom. The van der Waals surface area contributed by atoms with Crippen molar-refractivity contribution in [3.63, 3.8) is 0 Å². The van der Waals surface area contributed by atoms with E-state index in [0.29, 0.717) is 13.2 Å². The van der Waals surface area contributed by atoms with Crippen LogP contribution in [0.3, 0.4) is 0 Å². The molecule has 6 heteroatoms. The molecule has 0 fully saturated rings. The van der Waals surface area contributed by atoms with Crippen LogP contribution in [0.1, 0.15) is 28.8 Å². The SMILES string of the molecule is C=C(Nc1cc2c(cc1C)CCO2)SCc1nccc(OCCCOC)c1C. The molecule has 0 atom stereocenters. The summed E-state index contributed by atoms with van der Waals surface area (Å²) < 4.78 is 16.6. The number of rotatable bonds is 10. The average molecular weight is 401 g/mol. The highest BCUT2D eigenvalue weighted by atomic mass is 32.2. The van der Waals surface area contributed by atoms with Gasteiger partial charge in [0.25, 0.3) is 0 Å². The molecule has 2 heterocycles. The van der Waals surface area contributed by atoms with Crippen molar-refractivity contribution in [3.05, 3.63) is 58.4 Å². The van der Waals surface area contributed by atoms with Crippen LogP contribution in [0.4, 0.5) is 5.69 Å². The molecule has 28 heavy (non-hydrogen) atoms. The van der Waals surface area contributed by atoms with Gasteiger partial charge in [0.2, 0.25) is 0 Å². The zero-order valence-electron chi connectivity index (χ0n) is 16.8. The fraction of sp³-hybridized carbons (Fsp3) is 0.409. The zero-order valence-corrected chi connectivity index (χ0v) is 17.7. The van der Waals surface area contributed by atoms with Crippen LogP contribution in [-0.2, 0) is 16.9 Å². The molecule has 0 bridgehead atoms. The van der Waals surface area contributed by atoms with Gasteiger partial charge in [-0.05, 0) is 31.0 Å². The highest BCUT2D eigenvalue weighted by Gasteiger charge is 2.15. The number of benzene rings is 1. The third kappa shape index (κ3) is 5.20. The van der Waals surface area contributed by atoms with Gasteiger partial charge in [0.05, 0.1) is 23.9 Å². The van der Waals surface area contributed by atoms with E-state index in [2.05, 4.69) is 35.9 Å². The highest BCUT2D eigenvalue weighted by Crippen LogP contribution is 2.33. The molecule has 0 aliphatic carbocycles. The number of ether oxygens (including phenoxy) is 3. The van der Waals surface area contributed by atoms with E-state index in [4.69, 9.17) is 14.2 Å². The van der Waals surface area contributed by atoms with E-state index in [1.54, 1.807) is 25.1 Å². The van der Waals surface area contributed by atoms with Crippen molar-refractivity contribution in [2.24, 2.45) is 0 Å². The fourth-order valence-electron chi connectivity index (χ4n) is 3.07. The molecule has 1 aromatic heterocycles. The van der Waals surface area contributed by atoms with E-state index >= 15 is 0 Å². The Bertz CT molecular complexity index is 839. The van der Waals surface area contributed by atoms with Gasteiger partial charge < -0.3 is 19.5 Å². The number of nitrogens with one attached hydrogen (secondary N) is 1. The van der Waals surface area contributed by atoms with Crippen LogP contribution < -0.4 is 14.8 Å². The van der Waals surface area contributed by atoms with E-state index in [9.17, 15) is 0 Å². The quantitative estimate of drug-likeness (QED) is 0.575. The normalized spacial score (nSPS) is 12.4. The molecule has 0 saturated carbocycles. The van der Waals surface area contributed by atoms with Crippen LogP contribution >= 0.6 is 11.8 Å². The number of anilines is 1. The van der Waals surface area contributed by atoms with Crippen molar-refractivity contribution in [1.82, 2.24) is 4.98 Å². The van der Waals surface area contributed by atoms with Crippen molar-refractivity contribution in [2.45, 2.75) is 32.4 Å². The summed E-state index contributed by atoms with van der Waals surface area (Å²) in [6.45, 7) is 10.4. The number of thioether (sulfide) groups is 1. The van der Waals surface area contributed by atoms with Crippen molar-refractivity contribution in [3.8, 4) is 11.5 Å². The van der Waals surface area contributed by atoms with Crippen LogP contribution in [0.25, 0.3) is 0 Å². The molecule has 1 aromatic carbocycles. The van der Waals surface area contributed by atoms with E-state index in [1.165, 1.54) is 11.1 Å². The van der Waals surface area contributed by atoms with Crippen molar-refractivity contribution < 1.29 is 14.2 Å². The standard InChI is InChI=1S/C22H28N2O3S/c1-15-12-18-7-11-27-22(18)13-19(15)24-17(3)28-14-20-16(2)21(6-8-23-20)26-10-5-9-25-4/h6,8,12-13,24H,3,5,7,9-11,14H2,1-2,4H3. The molecule has 0 amide bonds. The minimum Gasteiger partial charge on any atom is -0.493 e. The summed E-state index contributed by atoms with van der Waals surface area (Å²) in [5, 5.41) is 4.29. The number of fused-ring (bicyclic) bond motifs is 1. The number of aromatic nitrogens is 1. The summed E-state index contributed by atoms with van der Waals surface area (Å²) in [5.74, 6) is 2.58. The maximum Gasteiger partial charge on any atom is 0.125 e. The Morgan fingerprint density at radius 1 is 1.32 bits per heavy atom. The predicted molar refractivity (Wildman–Crippen MR) is 115 cm³/mol. The van der Waals surface area contributed by atoms with Gasteiger partial charge >= 0.3 is 0 Å². The third-order valence-electron chi connectivity index (χ3n) is 4.70. The van der Waals surface area contributed by atoms with Crippen LogP contribution in [-0.4, -0.2) is 31.9 Å². The lowest BCUT2D eigenvalue weighted by atomic mass is 10.1. The second-order valence-electron chi connectivity index (χ2n) is 6.79. The minimum atomic E-state index is 0.638. The molecule has 1 N–H and O–H groups in total. The maximum absolute atomic E-state index is 5.86. The number of nitrogens with zero attached hydrogens (tertiary/aromatic N) is 1. The molecule has 0 saturated heterocycles. The Balaban J connectivity index is 1.56. The summed E-state index contributed by atoms with van der Waals surface area (Å²) in [6.07, 6.45) is 3.65. The third-order valence-corrected chi connectivity index (χ3v) is 5.57. The molecule has 5 nitrogen and oxygen atoms in total. The lowest BCUT2D eigenvalue weighted by Gasteiger charge is -2.15. The number of hydrogen-bond donors (Lipinski definition) is 1. The van der Waals surface area contributed by atoms with Crippen LogP contribution in [0.5, 0.6) is 11.5 Å². The second kappa shape index (κ2) is 9.85. The monoisotopic (exact) mass is 400 g/mol. The van der Waals surface area contributed by atoms with Gasteiger partial charge in [-0.3, -0.25) is 4.98 Å². The molecule has 0 radical (unpaired) electrons. The lowest BCUT2D eigenvalue weighted by molar-refractivity contribution is 0.172. The Morgan fingerprint density at radius 3 is 3.00 bits per heavy atom. The first-order valence-corrected chi connectivity index (χ1v) is 10.5. The molecule has 3 rings (SSSR count). The molecule has 0 spiro atoms. The molecular formula is C22H28N2O3S. The smallest absolute Gasteiger partial charge is 0.125 e. The Kier molecular flexibility index (Phi) is 7.23. The predicted octanol–water partition coefficient (Wildman–Crippen LogP) is 4.87. The molecule has 2 aromatic rings. The van der Waals surface area contributed by atoms with Gasteiger partial charge in [-0.2, -0.15) is 0 Å². The van der Waals surface area contributed by atoms with Crippen molar-refractivity contribution in [2.75, 3.05) is 32.2 Å².